The first-order valence-corrected chi connectivity index (χ1v) is 7.72. The van der Waals surface area contributed by atoms with Crippen LogP contribution in [-0.4, -0.2) is 30.1 Å². The van der Waals surface area contributed by atoms with Crippen molar-refractivity contribution in [2.45, 2.75) is 38.1 Å². The second-order valence-electron chi connectivity index (χ2n) is 4.81. The molecule has 102 valence electrons. The number of benzene rings is 1. The summed E-state index contributed by atoms with van der Waals surface area (Å²) in [6.07, 6.45) is 1.01. The fraction of sp³-hybridized carbons (Fsp3) is 0.600. The molecule has 1 aromatic carbocycles. The van der Waals surface area contributed by atoms with Gasteiger partial charge >= 0.3 is 0 Å². The number of thioether (sulfide) groups is 1. The highest BCUT2D eigenvalue weighted by Crippen LogP contribution is 2.17. The lowest BCUT2D eigenvalue weighted by atomic mass is 10.1. The van der Waals surface area contributed by atoms with E-state index in [1.165, 1.54) is 10.5 Å². The summed E-state index contributed by atoms with van der Waals surface area (Å²) in [5, 5.41) is 12.6. The molecule has 1 aromatic rings. The monoisotopic (exact) mass is 267 g/mol. The summed E-state index contributed by atoms with van der Waals surface area (Å²) in [5.74, 6) is 1.59. The van der Waals surface area contributed by atoms with E-state index in [4.69, 9.17) is 0 Å². The van der Waals surface area contributed by atoms with E-state index in [1.807, 2.05) is 11.8 Å². The zero-order valence-corrected chi connectivity index (χ0v) is 12.5. The summed E-state index contributed by atoms with van der Waals surface area (Å²) in [7, 11) is 0. The van der Waals surface area contributed by atoms with E-state index in [0.29, 0.717) is 5.92 Å². The average molecular weight is 267 g/mol. The fourth-order valence-electron chi connectivity index (χ4n) is 1.83. The van der Waals surface area contributed by atoms with Gasteiger partial charge in [-0.3, -0.25) is 0 Å². The second-order valence-corrected chi connectivity index (χ2v) is 6.15. The quantitative estimate of drug-likeness (QED) is 0.710. The molecule has 0 aromatic heterocycles. The van der Waals surface area contributed by atoms with E-state index < -0.39 is 0 Å². The van der Waals surface area contributed by atoms with Gasteiger partial charge in [0.2, 0.25) is 0 Å². The van der Waals surface area contributed by atoms with Gasteiger partial charge in [0.25, 0.3) is 0 Å². The van der Waals surface area contributed by atoms with Crippen LogP contribution in [0.15, 0.2) is 29.2 Å². The van der Waals surface area contributed by atoms with Crippen molar-refractivity contribution in [3.63, 3.8) is 0 Å². The third kappa shape index (κ3) is 5.42. The molecule has 0 aliphatic rings. The van der Waals surface area contributed by atoms with Crippen LogP contribution in [0.3, 0.4) is 0 Å². The third-order valence-electron chi connectivity index (χ3n) is 3.06. The smallest absolute Gasteiger partial charge is 0.0587 e. The van der Waals surface area contributed by atoms with Crippen LogP contribution in [0.5, 0.6) is 0 Å². The predicted molar refractivity (Wildman–Crippen MR) is 80.3 cm³/mol. The molecular weight excluding hydrogens is 242 g/mol. The molecule has 0 aliphatic heterocycles. The van der Waals surface area contributed by atoms with Crippen LogP contribution < -0.4 is 5.32 Å². The van der Waals surface area contributed by atoms with Crippen molar-refractivity contribution in [1.29, 1.82) is 0 Å². The van der Waals surface area contributed by atoms with Crippen LogP contribution in [0, 0.1) is 5.92 Å². The Labute approximate surface area is 115 Å². The predicted octanol–water partition coefficient (Wildman–Crippen LogP) is 2.95. The topological polar surface area (TPSA) is 32.3 Å². The summed E-state index contributed by atoms with van der Waals surface area (Å²) < 4.78 is 0. The van der Waals surface area contributed by atoms with Crippen molar-refractivity contribution in [3.05, 3.63) is 29.8 Å². The molecule has 0 saturated carbocycles. The van der Waals surface area contributed by atoms with Gasteiger partial charge in [-0.25, -0.2) is 0 Å². The number of hydrogen-bond donors (Lipinski definition) is 2. The van der Waals surface area contributed by atoms with Gasteiger partial charge in [-0.05, 0) is 42.3 Å². The highest BCUT2D eigenvalue weighted by atomic mass is 32.2. The van der Waals surface area contributed by atoms with Crippen LogP contribution in [0.4, 0.5) is 0 Å². The van der Waals surface area contributed by atoms with E-state index in [-0.39, 0.29) is 12.6 Å². The lowest BCUT2D eigenvalue weighted by molar-refractivity contribution is 0.212. The number of nitrogens with one attached hydrogen (secondary N) is 1. The Hall–Kier alpha value is -0.510. The van der Waals surface area contributed by atoms with Crippen molar-refractivity contribution < 1.29 is 5.11 Å². The van der Waals surface area contributed by atoms with Crippen LogP contribution in [0.25, 0.3) is 0 Å². The highest BCUT2D eigenvalue weighted by molar-refractivity contribution is 7.99. The van der Waals surface area contributed by atoms with E-state index in [0.717, 1.165) is 18.7 Å². The Morgan fingerprint density at radius 2 is 1.89 bits per heavy atom. The van der Waals surface area contributed by atoms with E-state index in [2.05, 4.69) is 50.4 Å². The third-order valence-corrected chi connectivity index (χ3v) is 3.95. The van der Waals surface area contributed by atoms with E-state index in [9.17, 15) is 5.11 Å². The van der Waals surface area contributed by atoms with Crippen molar-refractivity contribution in [2.24, 2.45) is 5.92 Å². The standard InChI is InChI=1S/C15H25NOS/c1-4-18-14-7-5-13(6-8-14)9-10-16-15(11-17)12(2)3/h5-8,12,15-17H,4,9-11H2,1-3H3. The molecule has 3 heteroatoms. The lowest BCUT2D eigenvalue weighted by Crippen LogP contribution is -2.38. The van der Waals surface area contributed by atoms with Crippen molar-refractivity contribution in [1.82, 2.24) is 5.32 Å². The maximum absolute atomic E-state index is 9.22. The van der Waals surface area contributed by atoms with Crippen molar-refractivity contribution in [3.8, 4) is 0 Å². The molecule has 1 atom stereocenters. The molecule has 18 heavy (non-hydrogen) atoms. The first-order valence-electron chi connectivity index (χ1n) is 6.73. The SMILES string of the molecule is CCSc1ccc(CCNC(CO)C(C)C)cc1. The summed E-state index contributed by atoms with van der Waals surface area (Å²) in [6.45, 7) is 7.56. The molecule has 0 saturated heterocycles. The normalized spacial score (nSPS) is 12.9. The van der Waals surface area contributed by atoms with Crippen molar-refractivity contribution >= 4 is 11.8 Å². The zero-order chi connectivity index (χ0) is 13.4. The van der Waals surface area contributed by atoms with Crippen LogP contribution in [0.2, 0.25) is 0 Å². The Bertz CT molecular complexity index is 324. The Morgan fingerprint density at radius 1 is 1.22 bits per heavy atom. The minimum atomic E-state index is 0.208. The minimum absolute atomic E-state index is 0.208. The van der Waals surface area contributed by atoms with Crippen LogP contribution in [0.1, 0.15) is 26.3 Å². The first kappa shape index (κ1) is 15.5. The Kier molecular flexibility index (Phi) is 7.40. The molecule has 0 amide bonds. The highest BCUT2D eigenvalue weighted by Gasteiger charge is 2.10. The molecule has 0 bridgehead atoms. The second kappa shape index (κ2) is 8.57. The minimum Gasteiger partial charge on any atom is -0.395 e. The summed E-state index contributed by atoms with van der Waals surface area (Å²) in [5.41, 5.74) is 1.35. The molecular formula is C15H25NOS. The molecule has 0 fully saturated rings. The van der Waals surface area contributed by atoms with Gasteiger partial charge < -0.3 is 10.4 Å². The first-order chi connectivity index (χ1) is 8.67. The van der Waals surface area contributed by atoms with Gasteiger partial charge in [-0.2, -0.15) is 0 Å². The molecule has 0 aliphatic carbocycles. The number of hydrogen-bond acceptors (Lipinski definition) is 3. The van der Waals surface area contributed by atoms with Crippen molar-refractivity contribution in [2.75, 3.05) is 18.9 Å². The van der Waals surface area contributed by atoms with Crippen LogP contribution in [-0.2, 0) is 6.42 Å². The van der Waals surface area contributed by atoms with Gasteiger partial charge in [-0.1, -0.05) is 32.9 Å². The average Bonchev–Trinajstić information content (AvgIpc) is 2.36. The maximum Gasteiger partial charge on any atom is 0.0587 e. The van der Waals surface area contributed by atoms with Gasteiger partial charge in [0, 0.05) is 10.9 Å². The van der Waals surface area contributed by atoms with Gasteiger partial charge in [0.1, 0.15) is 0 Å². The molecule has 0 radical (unpaired) electrons. The lowest BCUT2D eigenvalue weighted by Gasteiger charge is -2.19. The zero-order valence-electron chi connectivity index (χ0n) is 11.6. The van der Waals surface area contributed by atoms with E-state index in [1.54, 1.807) is 0 Å². The van der Waals surface area contributed by atoms with Gasteiger partial charge in [0.15, 0.2) is 0 Å². The molecule has 2 N–H and O–H groups in total. The number of aliphatic hydroxyl groups is 1. The maximum atomic E-state index is 9.22. The summed E-state index contributed by atoms with van der Waals surface area (Å²) in [6, 6.07) is 8.98. The molecule has 2 nitrogen and oxygen atoms in total. The number of rotatable bonds is 8. The van der Waals surface area contributed by atoms with E-state index >= 15 is 0 Å². The molecule has 0 heterocycles. The summed E-state index contributed by atoms with van der Waals surface area (Å²) in [4.78, 5) is 1.34. The number of aliphatic hydroxyl groups excluding tert-OH is 1. The van der Waals surface area contributed by atoms with Gasteiger partial charge in [0.05, 0.1) is 6.61 Å². The van der Waals surface area contributed by atoms with Crippen LogP contribution >= 0.6 is 11.8 Å². The largest absolute Gasteiger partial charge is 0.395 e. The molecule has 1 rings (SSSR count). The molecule has 0 spiro atoms. The molecule has 1 unspecified atom stereocenters. The Morgan fingerprint density at radius 3 is 2.39 bits per heavy atom. The summed E-state index contributed by atoms with van der Waals surface area (Å²) >= 11 is 1.87. The van der Waals surface area contributed by atoms with Gasteiger partial charge in [-0.15, -0.1) is 11.8 Å². The fourth-order valence-corrected chi connectivity index (χ4v) is 2.49. The Balaban J connectivity index is 2.34.